The second kappa shape index (κ2) is 9.92. The monoisotopic (exact) mass is 506 g/mol. The van der Waals surface area contributed by atoms with Crippen molar-refractivity contribution in [3.63, 3.8) is 0 Å². The molecule has 0 saturated heterocycles. The van der Waals surface area contributed by atoms with E-state index in [2.05, 4.69) is 31.8 Å². The molecule has 0 unspecified atom stereocenters. The van der Waals surface area contributed by atoms with Crippen LogP contribution in [0.4, 0.5) is 11.5 Å². The van der Waals surface area contributed by atoms with E-state index in [-0.39, 0.29) is 0 Å². The van der Waals surface area contributed by atoms with Crippen molar-refractivity contribution in [3.8, 4) is 23.3 Å². The summed E-state index contributed by atoms with van der Waals surface area (Å²) in [6.45, 7) is 3.41. The summed E-state index contributed by atoms with van der Waals surface area (Å²) in [4.78, 5) is 8.72. The minimum Gasteiger partial charge on any atom is -0.457 e. The standard InChI is InChI=1S/C26H23ClN4O3S/c1-26(2,31-35(3,32)33)14-13-18-7-12-24-23(15-18)25(29-17-28-24)30-20-8-10-21(11-9-20)34-22-6-4-5-19(27)16-22/h4-12,15-17,31H,1-3H3,(H,28,29,30). The Hall–Kier alpha value is -3.64. The molecule has 0 saturated carbocycles. The Balaban J connectivity index is 1.55. The fourth-order valence-corrected chi connectivity index (χ4v) is 4.52. The summed E-state index contributed by atoms with van der Waals surface area (Å²) >= 11 is 6.01. The third-order valence-electron chi connectivity index (χ3n) is 4.74. The first-order valence-electron chi connectivity index (χ1n) is 10.6. The molecule has 0 spiro atoms. The van der Waals surface area contributed by atoms with Gasteiger partial charge in [0.25, 0.3) is 0 Å². The summed E-state index contributed by atoms with van der Waals surface area (Å²) in [5, 5.41) is 4.70. The van der Waals surface area contributed by atoms with Gasteiger partial charge >= 0.3 is 0 Å². The molecule has 0 bridgehead atoms. The largest absolute Gasteiger partial charge is 0.457 e. The number of fused-ring (bicyclic) bond motifs is 1. The van der Waals surface area contributed by atoms with Crippen molar-refractivity contribution in [2.24, 2.45) is 0 Å². The molecule has 2 N–H and O–H groups in total. The highest BCUT2D eigenvalue weighted by atomic mass is 35.5. The summed E-state index contributed by atoms with van der Waals surface area (Å²) in [5.74, 6) is 7.96. The van der Waals surface area contributed by atoms with Crippen LogP contribution in [0.5, 0.6) is 11.5 Å². The number of rotatable bonds is 6. The number of nitrogens with one attached hydrogen (secondary N) is 2. The highest BCUT2D eigenvalue weighted by Gasteiger charge is 2.19. The zero-order valence-electron chi connectivity index (χ0n) is 19.3. The molecule has 3 aromatic carbocycles. The van der Waals surface area contributed by atoms with Crippen LogP contribution in [0.25, 0.3) is 10.9 Å². The lowest BCUT2D eigenvalue weighted by atomic mass is 10.1. The molecule has 0 aliphatic rings. The molecular weight excluding hydrogens is 484 g/mol. The number of hydrogen-bond donors (Lipinski definition) is 2. The van der Waals surface area contributed by atoms with E-state index >= 15 is 0 Å². The van der Waals surface area contributed by atoms with Crippen LogP contribution in [0, 0.1) is 11.8 Å². The minimum atomic E-state index is -3.38. The fourth-order valence-electron chi connectivity index (χ4n) is 3.36. The Morgan fingerprint density at radius 1 is 0.971 bits per heavy atom. The number of aromatic nitrogens is 2. The van der Waals surface area contributed by atoms with Crippen LogP contribution < -0.4 is 14.8 Å². The molecule has 0 fully saturated rings. The zero-order valence-corrected chi connectivity index (χ0v) is 20.9. The second-order valence-corrected chi connectivity index (χ2v) is 10.6. The van der Waals surface area contributed by atoms with Gasteiger partial charge < -0.3 is 10.1 Å². The zero-order chi connectivity index (χ0) is 25.1. The van der Waals surface area contributed by atoms with Gasteiger partial charge in [-0.25, -0.2) is 18.4 Å². The minimum absolute atomic E-state index is 0.607. The van der Waals surface area contributed by atoms with Gasteiger partial charge in [-0.15, -0.1) is 0 Å². The maximum atomic E-state index is 11.6. The number of nitrogens with zero attached hydrogens (tertiary/aromatic N) is 2. The quantitative estimate of drug-likeness (QED) is 0.335. The molecule has 1 aromatic heterocycles. The first kappa shape index (κ1) is 24.5. The van der Waals surface area contributed by atoms with Crippen molar-refractivity contribution < 1.29 is 13.2 Å². The topological polar surface area (TPSA) is 93.2 Å². The van der Waals surface area contributed by atoms with Gasteiger partial charge in [-0.05, 0) is 74.5 Å². The smallest absolute Gasteiger partial charge is 0.209 e. The maximum absolute atomic E-state index is 11.6. The molecule has 0 aliphatic heterocycles. The maximum Gasteiger partial charge on any atom is 0.209 e. The average Bonchev–Trinajstić information content (AvgIpc) is 2.78. The number of halogens is 1. The van der Waals surface area contributed by atoms with Gasteiger partial charge in [0.15, 0.2) is 0 Å². The Morgan fingerprint density at radius 3 is 2.46 bits per heavy atom. The second-order valence-electron chi connectivity index (χ2n) is 8.41. The van der Waals surface area contributed by atoms with E-state index in [0.29, 0.717) is 27.9 Å². The van der Waals surface area contributed by atoms with E-state index in [1.54, 1.807) is 26.0 Å². The number of hydrogen-bond acceptors (Lipinski definition) is 6. The summed E-state index contributed by atoms with van der Waals surface area (Å²) in [5.41, 5.74) is 1.37. The van der Waals surface area contributed by atoms with Crippen molar-refractivity contribution in [2.75, 3.05) is 11.6 Å². The fraction of sp³-hybridized carbons (Fsp3) is 0.154. The molecule has 7 nitrogen and oxygen atoms in total. The van der Waals surface area contributed by atoms with Gasteiger partial charge in [-0.2, -0.15) is 4.72 Å². The number of ether oxygens (including phenoxy) is 1. The van der Waals surface area contributed by atoms with Gasteiger partial charge in [0, 0.05) is 21.7 Å². The van der Waals surface area contributed by atoms with Crippen LogP contribution >= 0.6 is 11.6 Å². The van der Waals surface area contributed by atoms with Gasteiger partial charge in [-0.3, -0.25) is 0 Å². The summed E-state index contributed by atoms with van der Waals surface area (Å²) < 4.78 is 31.5. The Morgan fingerprint density at radius 2 is 1.74 bits per heavy atom. The highest BCUT2D eigenvalue weighted by Crippen LogP contribution is 2.28. The molecule has 0 aliphatic carbocycles. The molecule has 4 rings (SSSR count). The lowest BCUT2D eigenvalue weighted by Crippen LogP contribution is -2.41. The molecule has 1 heterocycles. The van der Waals surface area contributed by atoms with Crippen LogP contribution in [0.15, 0.2) is 73.1 Å². The van der Waals surface area contributed by atoms with Gasteiger partial charge in [0.2, 0.25) is 10.0 Å². The molecule has 35 heavy (non-hydrogen) atoms. The van der Waals surface area contributed by atoms with Gasteiger partial charge in [0.05, 0.1) is 17.3 Å². The predicted octanol–water partition coefficient (Wildman–Crippen LogP) is 5.50. The average molecular weight is 507 g/mol. The number of benzene rings is 3. The van der Waals surface area contributed by atoms with E-state index in [4.69, 9.17) is 16.3 Å². The van der Waals surface area contributed by atoms with Crippen LogP contribution in [0.3, 0.4) is 0 Å². The molecule has 0 atom stereocenters. The Kier molecular flexibility index (Phi) is 6.94. The van der Waals surface area contributed by atoms with Crippen molar-refractivity contribution in [1.82, 2.24) is 14.7 Å². The van der Waals surface area contributed by atoms with Gasteiger partial charge in [0.1, 0.15) is 23.6 Å². The van der Waals surface area contributed by atoms with Crippen LogP contribution in [-0.4, -0.2) is 30.2 Å². The van der Waals surface area contributed by atoms with E-state index in [0.717, 1.165) is 22.8 Å². The third-order valence-corrected chi connectivity index (χ3v) is 5.86. The normalized spacial score (nSPS) is 11.5. The lowest BCUT2D eigenvalue weighted by molar-refractivity contribution is 0.483. The van der Waals surface area contributed by atoms with E-state index in [1.165, 1.54) is 6.33 Å². The van der Waals surface area contributed by atoms with Crippen molar-refractivity contribution in [2.45, 2.75) is 19.4 Å². The van der Waals surface area contributed by atoms with Crippen molar-refractivity contribution in [3.05, 3.63) is 83.6 Å². The van der Waals surface area contributed by atoms with Gasteiger partial charge in [-0.1, -0.05) is 29.5 Å². The van der Waals surface area contributed by atoms with Crippen LogP contribution in [-0.2, 0) is 10.0 Å². The first-order valence-corrected chi connectivity index (χ1v) is 12.9. The number of anilines is 2. The molecule has 178 valence electrons. The highest BCUT2D eigenvalue weighted by molar-refractivity contribution is 7.88. The predicted molar refractivity (Wildman–Crippen MR) is 140 cm³/mol. The molecule has 4 aromatic rings. The van der Waals surface area contributed by atoms with Crippen molar-refractivity contribution in [1.29, 1.82) is 0 Å². The van der Waals surface area contributed by atoms with E-state index in [1.807, 2.05) is 54.6 Å². The number of sulfonamides is 1. The summed E-state index contributed by atoms with van der Waals surface area (Å²) in [6.07, 6.45) is 2.60. The van der Waals surface area contributed by atoms with E-state index in [9.17, 15) is 8.42 Å². The molecule has 0 radical (unpaired) electrons. The molecule has 0 amide bonds. The lowest BCUT2D eigenvalue weighted by Gasteiger charge is -2.17. The Labute approximate surface area is 209 Å². The molecular formula is C26H23ClN4O3S. The Bertz CT molecular complexity index is 1540. The summed E-state index contributed by atoms with van der Waals surface area (Å²) in [7, 11) is -3.38. The SMILES string of the molecule is CC(C)(C#Cc1ccc2ncnc(Nc3ccc(Oc4cccc(Cl)c4)cc3)c2c1)NS(C)(=O)=O. The third kappa shape index (κ3) is 6.93. The molecule has 9 heteroatoms. The summed E-state index contributed by atoms with van der Waals surface area (Å²) in [6, 6.07) is 20.2. The van der Waals surface area contributed by atoms with E-state index < -0.39 is 15.6 Å². The first-order chi connectivity index (χ1) is 16.6. The van der Waals surface area contributed by atoms with Crippen molar-refractivity contribution >= 4 is 44.0 Å². The van der Waals surface area contributed by atoms with Crippen LogP contribution in [0.2, 0.25) is 5.02 Å². The van der Waals surface area contributed by atoms with Crippen LogP contribution in [0.1, 0.15) is 19.4 Å².